The molecule has 0 bridgehead atoms. The molecule has 0 radical (unpaired) electrons. The number of anilines is 1. The van der Waals surface area contributed by atoms with Crippen LogP contribution < -0.4 is 5.32 Å². The van der Waals surface area contributed by atoms with Crippen LogP contribution in [0.2, 0.25) is 5.02 Å². The van der Waals surface area contributed by atoms with Gasteiger partial charge in [0.2, 0.25) is 10.0 Å². The largest absolute Gasteiger partial charge is 0.381 e. The Hall–Kier alpha value is -1.38. The lowest BCUT2D eigenvalue weighted by Gasteiger charge is -2.32. The van der Waals surface area contributed by atoms with Crippen LogP contribution in [-0.2, 0) is 10.0 Å². The van der Waals surface area contributed by atoms with Gasteiger partial charge in [-0.1, -0.05) is 11.6 Å². The summed E-state index contributed by atoms with van der Waals surface area (Å²) in [5.74, 6) is 0. The molecule has 3 rings (SSSR count). The third-order valence-electron chi connectivity index (χ3n) is 4.28. The number of nitrogens with zero attached hydrogens (tertiary/aromatic N) is 2. The highest BCUT2D eigenvalue weighted by molar-refractivity contribution is 7.90. The van der Waals surface area contributed by atoms with Crippen LogP contribution in [0.3, 0.4) is 0 Å². The van der Waals surface area contributed by atoms with E-state index in [0.717, 1.165) is 12.8 Å². The second-order valence-corrected chi connectivity index (χ2v) is 8.60. The van der Waals surface area contributed by atoms with E-state index in [2.05, 4.69) is 5.32 Å². The number of nitro groups is 1. The Morgan fingerprint density at radius 2 is 1.87 bits per heavy atom. The molecule has 1 aliphatic heterocycles. The molecule has 2 aliphatic rings. The van der Waals surface area contributed by atoms with Crippen molar-refractivity contribution in [3.8, 4) is 0 Å². The van der Waals surface area contributed by atoms with Gasteiger partial charge in [0.1, 0.15) is 0 Å². The van der Waals surface area contributed by atoms with Gasteiger partial charge in [-0.3, -0.25) is 10.1 Å². The van der Waals surface area contributed by atoms with Gasteiger partial charge in [-0.15, -0.1) is 0 Å². The molecule has 1 aromatic rings. The first-order chi connectivity index (χ1) is 10.9. The van der Waals surface area contributed by atoms with Crippen LogP contribution in [0.5, 0.6) is 0 Å². The topological polar surface area (TPSA) is 92.6 Å². The molecule has 2 fully saturated rings. The SMILES string of the molecule is O=[N+]([O-])c1ccc(NC2CCN(S(=O)(=O)C3CC3)CC2)c(Cl)c1. The number of benzene rings is 1. The minimum Gasteiger partial charge on any atom is -0.381 e. The zero-order chi connectivity index (χ0) is 16.6. The number of non-ortho nitro benzene ring substituents is 1. The number of rotatable bonds is 5. The first kappa shape index (κ1) is 16.5. The summed E-state index contributed by atoms with van der Waals surface area (Å²) in [4.78, 5) is 10.2. The van der Waals surface area contributed by atoms with Crippen LogP contribution in [0, 0.1) is 10.1 Å². The molecular weight excluding hydrogens is 342 g/mol. The van der Waals surface area contributed by atoms with Crippen LogP contribution >= 0.6 is 11.6 Å². The lowest BCUT2D eigenvalue weighted by molar-refractivity contribution is -0.384. The van der Waals surface area contributed by atoms with Crippen LogP contribution in [-0.4, -0.2) is 42.0 Å². The van der Waals surface area contributed by atoms with Gasteiger partial charge in [0.05, 0.1) is 20.9 Å². The predicted molar refractivity (Wildman–Crippen MR) is 88.3 cm³/mol. The third-order valence-corrected chi connectivity index (χ3v) is 6.99. The lowest BCUT2D eigenvalue weighted by Crippen LogP contribution is -2.43. The average molecular weight is 360 g/mol. The molecule has 1 aromatic carbocycles. The molecule has 9 heteroatoms. The molecular formula is C14H18ClN3O4S. The summed E-state index contributed by atoms with van der Waals surface area (Å²) in [5.41, 5.74) is 0.590. The minimum atomic E-state index is -3.10. The molecule has 0 amide bonds. The monoisotopic (exact) mass is 359 g/mol. The van der Waals surface area contributed by atoms with Crippen LogP contribution in [0.4, 0.5) is 11.4 Å². The number of hydrogen-bond acceptors (Lipinski definition) is 5. The Balaban J connectivity index is 1.59. The third kappa shape index (κ3) is 3.59. The fraction of sp³-hybridized carbons (Fsp3) is 0.571. The van der Waals surface area contributed by atoms with Gasteiger partial charge < -0.3 is 5.32 Å². The Morgan fingerprint density at radius 3 is 2.39 bits per heavy atom. The Labute approximate surface area is 139 Å². The van der Waals surface area contributed by atoms with Crippen LogP contribution in [0.15, 0.2) is 18.2 Å². The number of nitro benzene ring substituents is 1. The van der Waals surface area contributed by atoms with Gasteiger partial charge in [-0.2, -0.15) is 0 Å². The smallest absolute Gasteiger partial charge is 0.271 e. The maximum Gasteiger partial charge on any atom is 0.271 e. The van der Waals surface area contributed by atoms with E-state index >= 15 is 0 Å². The Morgan fingerprint density at radius 1 is 1.22 bits per heavy atom. The number of nitrogens with one attached hydrogen (secondary N) is 1. The normalized spacial score (nSPS) is 20.4. The zero-order valence-corrected chi connectivity index (χ0v) is 14.0. The van der Waals surface area contributed by atoms with Crippen LogP contribution in [0.25, 0.3) is 0 Å². The summed E-state index contributed by atoms with van der Waals surface area (Å²) in [6.45, 7) is 1.00. The number of sulfonamides is 1. The van der Waals surface area contributed by atoms with E-state index in [-0.39, 0.29) is 17.0 Å². The van der Waals surface area contributed by atoms with Crippen molar-refractivity contribution < 1.29 is 13.3 Å². The summed E-state index contributed by atoms with van der Waals surface area (Å²) in [5, 5.41) is 14.1. The second-order valence-electron chi connectivity index (χ2n) is 5.98. The van der Waals surface area contributed by atoms with Crippen molar-refractivity contribution in [2.24, 2.45) is 0 Å². The number of halogens is 1. The highest BCUT2D eigenvalue weighted by Crippen LogP contribution is 2.33. The standard InChI is InChI=1S/C14H18ClN3O4S/c15-13-9-11(18(19)20)1-4-14(13)16-10-5-7-17(8-6-10)23(21,22)12-2-3-12/h1,4,9-10,12,16H,2-3,5-8H2. The maximum atomic E-state index is 12.2. The first-order valence-electron chi connectivity index (χ1n) is 7.57. The highest BCUT2D eigenvalue weighted by atomic mass is 35.5. The van der Waals surface area contributed by atoms with E-state index in [1.165, 1.54) is 12.1 Å². The molecule has 126 valence electrons. The predicted octanol–water partition coefficient (Wildman–Crippen LogP) is 2.62. The first-order valence-corrected chi connectivity index (χ1v) is 9.45. The van der Waals surface area contributed by atoms with Gasteiger partial charge >= 0.3 is 0 Å². The quantitative estimate of drug-likeness (QED) is 0.644. The van der Waals surface area contributed by atoms with Gasteiger partial charge in [-0.05, 0) is 31.7 Å². The molecule has 1 heterocycles. The fourth-order valence-electron chi connectivity index (χ4n) is 2.79. The summed E-state index contributed by atoms with van der Waals surface area (Å²) in [6.07, 6.45) is 2.94. The molecule has 23 heavy (non-hydrogen) atoms. The molecule has 0 atom stereocenters. The maximum absolute atomic E-state index is 12.2. The lowest BCUT2D eigenvalue weighted by atomic mass is 10.1. The summed E-state index contributed by atoms with van der Waals surface area (Å²) < 4.78 is 26.0. The van der Waals surface area contributed by atoms with Crippen molar-refractivity contribution in [2.45, 2.75) is 37.0 Å². The van der Waals surface area contributed by atoms with Gasteiger partial charge in [-0.25, -0.2) is 12.7 Å². The van der Waals surface area contributed by atoms with Crippen molar-refractivity contribution >= 4 is 33.0 Å². The van der Waals surface area contributed by atoms with Crippen LogP contribution in [0.1, 0.15) is 25.7 Å². The number of piperidine rings is 1. The van der Waals surface area contributed by atoms with Gasteiger partial charge in [0.25, 0.3) is 5.69 Å². The van der Waals surface area contributed by atoms with Gasteiger partial charge in [0, 0.05) is 31.3 Å². The Kier molecular flexibility index (Phi) is 4.48. The summed E-state index contributed by atoms with van der Waals surface area (Å²) in [7, 11) is -3.10. The average Bonchev–Trinajstić information content (AvgIpc) is 3.35. The fourth-order valence-corrected chi connectivity index (χ4v) is 4.89. The molecule has 1 saturated heterocycles. The molecule has 1 N–H and O–H groups in total. The van der Waals surface area contributed by atoms with Gasteiger partial charge in [0.15, 0.2) is 0 Å². The number of hydrogen-bond donors (Lipinski definition) is 1. The summed E-state index contributed by atoms with van der Waals surface area (Å²) in [6, 6.07) is 4.42. The summed E-state index contributed by atoms with van der Waals surface area (Å²) >= 11 is 6.07. The van der Waals surface area contributed by atoms with Crippen molar-refractivity contribution in [2.75, 3.05) is 18.4 Å². The van der Waals surface area contributed by atoms with Crippen molar-refractivity contribution in [1.29, 1.82) is 0 Å². The molecule has 0 spiro atoms. The minimum absolute atomic E-state index is 0.0501. The van der Waals surface area contributed by atoms with E-state index < -0.39 is 14.9 Å². The van der Waals surface area contributed by atoms with E-state index in [9.17, 15) is 18.5 Å². The van der Waals surface area contributed by atoms with Crippen molar-refractivity contribution in [3.63, 3.8) is 0 Å². The van der Waals surface area contributed by atoms with Crippen molar-refractivity contribution in [3.05, 3.63) is 33.3 Å². The molecule has 1 aliphatic carbocycles. The Bertz CT molecular complexity index is 713. The van der Waals surface area contributed by atoms with Crippen molar-refractivity contribution in [1.82, 2.24) is 4.31 Å². The molecule has 0 aromatic heterocycles. The van der Waals surface area contributed by atoms with E-state index in [0.29, 0.717) is 36.6 Å². The molecule has 0 unspecified atom stereocenters. The second kappa shape index (κ2) is 6.26. The van der Waals surface area contributed by atoms with E-state index in [1.807, 2.05) is 0 Å². The molecule has 7 nitrogen and oxygen atoms in total. The van der Waals surface area contributed by atoms with E-state index in [4.69, 9.17) is 11.6 Å². The molecule has 1 saturated carbocycles. The highest BCUT2D eigenvalue weighted by Gasteiger charge is 2.41. The van der Waals surface area contributed by atoms with E-state index in [1.54, 1.807) is 10.4 Å². The zero-order valence-electron chi connectivity index (χ0n) is 12.4.